The van der Waals surface area contributed by atoms with Gasteiger partial charge in [0, 0.05) is 0 Å². The first kappa shape index (κ1) is 13.7. The van der Waals surface area contributed by atoms with E-state index in [1.54, 1.807) is 18.2 Å². The van der Waals surface area contributed by atoms with Gasteiger partial charge in [0.15, 0.2) is 11.5 Å². The molecular formula is C14H15N3O3. The Labute approximate surface area is 116 Å². The highest BCUT2D eigenvalue weighted by Crippen LogP contribution is 2.32. The first-order valence-electron chi connectivity index (χ1n) is 6.06. The lowest BCUT2D eigenvalue weighted by Gasteiger charge is -2.12. The maximum Gasteiger partial charge on any atom is 0.254 e. The Hall–Kier alpha value is -2.76. The van der Waals surface area contributed by atoms with Crippen molar-refractivity contribution in [3.63, 3.8) is 0 Å². The maximum absolute atomic E-state index is 11.4. The van der Waals surface area contributed by atoms with E-state index in [4.69, 9.17) is 20.9 Å². The molecule has 0 unspecified atom stereocenters. The second kappa shape index (κ2) is 5.92. The molecule has 6 nitrogen and oxygen atoms in total. The number of para-hydroxylation sites is 2. The average Bonchev–Trinajstić information content (AvgIpc) is 2.43. The summed E-state index contributed by atoms with van der Waals surface area (Å²) in [5, 5.41) is 0. The Morgan fingerprint density at radius 3 is 2.65 bits per heavy atom. The SMILES string of the molecule is CCOc1ccccc1Oc1ncc(N)cc1C(N)=O. The second-order valence-corrected chi connectivity index (χ2v) is 3.97. The molecule has 20 heavy (non-hydrogen) atoms. The van der Waals surface area contributed by atoms with Crippen LogP contribution in [0.5, 0.6) is 17.4 Å². The fourth-order valence-corrected chi connectivity index (χ4v) is 1.64. The van der Waals surface area contributed by atoms with E-state index in [0.717, 1.165) is 0 Å². The van der Waals surface area contributed by atoms with E-state index >= 15 is 0 Å². The number of aromatic nitrogens is 1. The molecule has 2 aromatic rings. The summed E-state index contributed by atoms with van der Waals surface area (Å²) in [7, 11) is 0. The third-order valence-electron chi connectivity index (χ3n) is 2.49. The number of hydrogen-bond acceptors (Lipinski definition) is 5. The summed E-state index contributed by atoms with van der Waals surface area (Å²) in [6.07, 6.45) is 1.39. The molecule has 1 aromatic carbocycles. The molecule has 1 aromatic heterocycles. The molecule has 0 radical (unpaired) electrons. The average molecular weight is 273 g/mol. The minimum atomic E-state index is -0.659. The number of nitrogen functional groups attached to an aromatic ring is 1. The van der Waals surface area contributed by atoms with Crippen molar-refractivity contribution in [3.8, 4) is 17.4 Å². The molecule has 0 aliphatic rings. The Morgan fingerprint density at radius 1 is 1.30 bits per heavy atom. The number of nitrogens with zero attached hydrogens (tertiary/aromatic N) is 1. The summed E-state index contributed by atoms with van der Waals surface area (Å²) in [4.78, 5) is 15.4. The lowest BCUT2D eigenvalue weighted by Crippen LogP contribution is -2.13. The normalized spacial score (nSPS) is 10.1. The Bertz CT molecular complexity index is 629. The molecule has 0 saturated carbocycles. The molecule has 6 heteroatoms. The number of hydrogen-bond donors (Lipinski definition) is 2. The number of primary amides is 1. The third kappa shape index (κ3) is 2.97. The summed E-state index contributed by atoms with van der Waals surface area (Å²) in [5.41, 5.74) is 11.3. The number of rotatable bonds is 5. The van der Waals surface area contributed by atoms with Crippen LogP contribution in [0, 0.1) is 0 Å². The number of ether oxygens (including phenoxy) is 2. The molecule has 104 valence electrons. The molecule has 0 aliphatic carbocycles. The summed E-state index contributed by atoms with van der Waals surface area (Å²) in [6, 6.07) is 8.52. The van der Waals surface area contributed by atoms with Crippen molar-refractivity contribution in [2.45, 2.75) is 6.92 Å². The highest BCUT2D eigenvalue weighted by molar-refractivity contribution is 5.95. The quantitative estimate of drug-likeness (QED) is 0.867. The van der Waals surface area contributed by atoms with Crippen molar-refractivity contribution in [2.24, 2.45) is 5.73 Å². The van der Waals surface area contributed by atoms with E-state index in [1.807, 2.05) is 13.0 Å². The van der Waals surface area contributed by atoms with Crippen molar-refractivity contribution in [3.05, 3.63) is 42.1 Å². The van der Waals surface area contributed by atoms with Gasteiger partial charge >= 0.3 is 0 Å². The van der Waals surface area contributed by atoms with Crippen LogP contribution in [0.15, 0.2) is 36.5 Å². The number of benzene rings is 1. The van der Waals surface area contributed by atoms with Gasteiger partial charge in [-0.1, -0.05) is 12.1 Å². The number of nitrogens with two attached hydrogens (primary N) is 2. The van der Waals surface area contributed by atoms with Gasteiger partial charge in [-0.05, 0) is 25.1 Å². The van der Waals surface area contributed by atoms with Crippen LogP contribution in [0.4, 0.5) is 5.69 Å². The molecular weight excluding hydrogens is 258 g/mol. The smallest absolute Gasteiger partial charge is 0.254 e. The van der Waals surface area contributed by atoms with Crippen LogP contribution in [0.1, 0.15) is 17.3 Å². The molecule has 0 spiro atoms. The van der Waals surface area contributed by atoms with Gasteiger partial charge in [-0.3, -0.25) is 4.79 Å². The molecule has 1 heterocycles. The molecule has 2 rings (SSSR count). The van der Waals surface area contributed by atoms with Crippen LogP contribution in [0.3, 0.4) is 0 Å². The topological polar surface area (TPSA) is 100 Å². The van der Waals surface area contributed by atoms with Crippen molar-refractivity contribution < 1.29 is 14.3 Å². The predicted molar refractivity (Wildman–Crippen MR) is 74.9 cm³/mol. The summed E-state index contributed by atoms with van der Waals surface area (Å²) in [6.45, 7) is 2.37. The van der Waals surface area contributed by atoms with Gasteiger partial charge in [-0.2, -0.15) is 0 Å². The van der Waals surface area contributed by atoms with E-state index in [9.17, 15) is 4.79 Å². The molecule has 0 bridgehead atoms. The number of anilines is 1. The van der Waals surface area contributed by atoms with Gasteiger partial charge in [0.25, 0.3) is 5.91 Å². The fourth-order valence-electron chi connectivity index (χ4n) is 1.64. The van der Waals surface area contributed by atoms with Gasteiger partial charge in [-0.25, -0.2) is 4.98 Å². The minimum Gasteiger partial charge on any atom is -0.490 e. The zero-order valence-electron chi connectivity index (χ0n) is 11.0. The van der Waals surface area contributed by atoms with E-state index < -0.39 is 5.91 Å². The number of carbonyl (C=O) groups is 1. The van der Waals surface area contributed by atoms with Crippen molar-refractivity contribution in [1.29, 1.82) is 0 Å². The van der Waals surface area contributed by atoms with Gasteiger partial charge in [-0.15, -0.1) is 0 Å². The fraction of sp³-hybridized carbons (Fsp3) is 0.143. The standard InChI is InChI=1S/C14H15N3O3/c1-2-19-11-5-3-4-6-12(11)20-14-10(13(16)18)7-9(15)8-17-14/h3-8H,2,15H2,1H3,(H2,16,18). The van der Waals surface area contributed by atoms with E-state index in [0.29, 0.717) is 23.8 Å². The van der Waals surface area contributed by atoms with E-state index in [1.165, 1.54) is 12.3 Å². The van der Waals surface area contributed by atoms with Crippen LogP contribution in [-0.2, 0) is 0 Å². The lowest BCUT2D eigenvalue weighted by molar-refractivity contribution is 0.0997. The molecule has 0 fully saturated rings. The van der Waals surface area contributed by atoms with Crippen molar-refractivity contribution in [2.75, 3.05) is 12.3 Å². The van der Waals surface area contributed by atoms with Crippen molar-refractivity contribution >= 4 is 11.6 Å². The highest BCUT2D eigenvalue weighted by Gasteiger charge is 2.14. The molecule has 4 N–H and O–H groups in total. The van der Waals surface area contributed by atoms with Gasteiger partial charge < -0.3 is 20.9 Å². The first-order valence-corrected chi connectivity index (χ1v) is 6.06. The second-order valence-electron chi connectivity index (χ2n) is 3.97. The molecule has 1 amide bonds. The molecule has 0 aliphatic heterocycles. The van der Waals surface area contributed by atoms with Crippen LogP contribution in [0.2, 0.25) is 0 Å². The lowest BCUT2D eigenvalue weighted by atomic mass is 10.2. The van der Waals surface area contributed by atoms with Crippen LogP contribution in [0.25, 0.3) is 0 Å². The third-order valence-corrected chi connectivity index (χ3v) is 2.49. The van der Waals surface area contributed by atoms with Crippen LogP contribution < -0.4 is 20.9 Å². The van der Waals surface area contributed by atoms with Crippen LogP contribution in [-0.4, -0.2) is 17.5 Å². The van der Waals surface area contributed by atoms with Gasteiger partial charge in [0.2, 0.25) is 5.88 Å². The van der Waals surface area contributed by atoms with E-state index in [-0.39, 0.29) is 11.4 Å². The Morgan fingerprint density at radius 2 is 2.00 bits per heavy atom. The Balaban J connectivity index is 2.37. The first-order chi connectivity index (χ1) is 9.61. The summed E-state index contributed by atoms with van der Waals surface area (Å²) < 4.78 is 11.1. The van der Waals surface area contributed by atoms with Gasteiger partial charge in [0.1, 0.15) is 5.56 Å². The maximum atomic E-state index is 11.4. The largest absolute Gasteiger partial charge is 0.490 e. The van der Waals surface area contributed by atoms with Gasteiger partial charge in [0.05, 0.1) is 18.5 Å². The highest BCUT2D eigenvalue weighted by atomic mass is 16.5. The summed E-state index contributed by atoms with van der Waals surface area (Å²) >= 11 is 0. The van der Waals surface area contributed by atoms with E-state index in [2.05, 4.69) is 4.98 Å². The van der Waals surface area contributed by atoms with Crippen LogP contribution >= 0.6 is 0 Å². The van der Waals surface area contributed by atoms with Crippen molar-refractivity contribution in [1.82, 2.24) is 4.98 Å². The number of pyridine rings is 1. The zero-order chi connectivity index (χ0) is 14.5. The predicted octanol–water partition coefficient (Wildman–Crippen LogP) is 1.95. The number of amides is 1. The summed E-state index contributed by atoms with van der Waals surface area (Å²) in [5.74, 6) is 0.450. The molecule has 0 saturated heterocycles. The monoisotopic (exact) mass is 273 g/mol. The molecule has 0 atom stereocenters. The Kier molecular flexibility index (Phi) is 4.05. The minimum absolute atomic E-state index is 0.0962. The number of carbonyl (C=O) groups excluding carboxylic acids is 1. The zero-order valence-corrected chi connectivity index (χ0v) is 11.0.